The summed E-state index contributed by atoms with van der Waals surface area (Å²) in [6, 6.07) is 0. The van der Waals surface area contributed by atoms with E-state index in [1.165, 1.54) is 0 Å². The lowest BCUT2D eigenvalue weighted by Crippen LogP contribution is -2.52. The molecule has 0 bridgehead atoms. The number of carbonyl (C=O) groups excluding carboxylic acids is 1. The third-order valence-corrected chi connectivity index (χ3v) is 3.23. The standard InChI is InChI=1S/C11H16F6N2O/c1-18-5-7-3-2-4-19(6-7)9(20)8(10(12,13)14)11(15,16)17/h7-8,18H,2-6H2,1H3. The molecule has 1 aliphatic rings. The van der Waals surface area contributed by atoms with Crippen LogP contribution >= 0.6 is 0 Å². The van der Waals surface area contributed by atoms with Gasteiger partial charge >= 0.3 is 12.4 Å². The molecule has 1 rings (SSSR count). The Hall–Kier alpha value is -0.990. The summed E-state index contributed by atoms with van der Waals surface area (Å²) in [6.07, 6.45) is -10.2. The number of nitrogens with one attached hydrogen (secondary N) is 1. The molecule has 0 aliphatic carbocycles. The molecule has 9 heteroatoms. The maximum Gasteiger partial charge on any atom is 0.409 e. The van der Waals surface area contributed by atoms with Crippen molar-refractivity contribution < 1.29 is 31.1 Å². The van der Waals surface area contributed by atoms with Gasteiger partial charge in [-0.3, -0.25) is 4.79 Å². The Balaban J connectivity index is 2.85. The highest BCUT2D eigenvalue weighted by Gasteiger charge is 2.62. The number of rotatable bonds is 3. The van der Waals surface area contributed by atoms with Crippen LogP contribution < -0.4 is 5.32 Å². The van der Waals surface area contributed by atoms with Crippen LogP contribution in [-0.2, 0) is 4.79 Å². The van der Waals surface area contributed by atoms with E-state index in [9.17, 15) is 31.1 Å². The normalized spacial score (nSPS) is 21.4. The van der Waals surface area contributed by atoms with Crippen LogP contribution in [0.25, 0.3) is 0 Å². The van der Waals surface area contributed by atoms with E-state index >= 15 is 0 Å². The summed E-state index contributed by atoms with van der Waals surface area (Å²) >= 11 is 0. The summed E-state index contributed by atoms with van der Waals surface area (Å²) < 4.78 is 74.9. The first kappa shape index (κ1) is 17.1. The minimum absolute atomic E-state index is 0.0678. The van der Waals surface area contributed by atoms with Crippen molar-refractivity contribution in [3.63, 3.8) is 0 Å². The van der Waals surface area contributed by atoms with Crippen molar-refractivity contribution in [2.75, 3.05) is 26.7 Å². The number of carbonyl (C=O) groups is 1. The van der Waals surface area contributed by atoms with Crippen molar-refractivity contribution in [2.45, 2.75) is 25.2 Å². The zero-order valence-electron chi connectivity index (χ0n) is 10.8. The van der Waals surface area contributed by atoms with Crippen LogP contribution in [0.2, 0.25) is 0 Å². The fourth-order valence-corrected chi connectivity index (χ4v) is 2.37. The second-order valence-electron chi connectivity index (χ2n) is 4.87. The number of hydrogen-bond donors (Lipinski definition) is 1. The van der Waals surface area contributed by atoms with Crippen molar-refractivity contribution in [3.8, 4) is 0 Å². The SMILES string of the molecule is CNCC1CCCN(C(=O)C(C(F)(F)F)C(F)(F)F)C1. The highest BCUT2D eigenvalue weighted by molar-refractivity contribution is 5.80. The molecule has 3 nitrogen and oxygen atoms in total. The highest BCUT2D eigenvalue weighted by Crippen LogP contribution is 2.40. The minimum Gasteiger partial charge on any atom is -0.342 e. The molecule has 1 aliphatic heterocycles. The predicted octanol–water partition coefficient (Wildman–Crippen LogP) is 2.19. The number of halogens is 6. The lowest BCUT2D eigenvalue weighted by molar-refractivity contribution is -0.278. The van der Waals surface area contributed by atoms with E-state index in [2.05, 4.69) is 5.32 Å². The van der Waals surface area contributed by atoms with Gasteiger partial charge in [-0.05, 0) is 32.4 Å². The van der Waals surface area contributed by atoms with Crippen LogP contribution in [0.5, 0.6) is 0 Å². The lowest BCUT2D eigenvalue weighted by Gasteiger charge is -2.35. The number of amides is 1. The van der Waals surface area contributed by atoms with Crippen LogP contribution in [0.1, 0.15) is 12.8 Å². The van der Waals surface area contributed by atoms with Gasteiger partial charge in [0.25, 0.3) is 0 Å². The molecular formula is C11H16F6N2O. The van der Waals surface area contributed by atoms with Crippen LogP contribution in [-0.4, -0.2) is 49.8 Å². The summed E-state index contributed by atoms with van der Waals surface area (Å²) in [5, 5.41) is 2.80. The van der Waals surface area contributed by atoms with E-state index in [-0.39, 0.29) is 19.0 Å². The van der Waals surface area contributed by atoms with Crippen LogP contribution in [0.4, 0.5) is 26.3 Å². The van der Waals surface area contributed by atoms with Gasteiger partial charge in [0.05, 0.1) is 0 Å². The van der Waals surface area contributed by atoms with E-state index < -0.39 is 24.2 Å². The summed E-state index contributed by atoms with van der Waals surface area (Å²) in [5.74, 6) is -5.95. The fourth-order valence-electron chi connectivity index (χ4n) is 2.37. The molecule has 0 aromatic carbocycles. The molecule has 0 radical (unpaired) electrons. The number of piperidine rings is 1. The molecule has 0 saturated carbocycles. The van der Waals surface area contributed by atoms with E-state index in [1.54, 1.807) is 7.05 Å². The van der Waals surface area contributed by atoms with Gasteiger partial charge in [-0.1, -0.05) is 0 Å². The summed E-state index contributed by atoms with van der Waals surface area (Å²) in [7, 11) is 1.63. The second kappa shape index (κ2) is 6.19. The molecule has 0 aromatic rings. The maximum atomic E-state index is 12.5. The topological polar surface area (TPSA) is 32.3 Å². The van der Waals surface area contributed by atoms with Gasteiger partial charge < -0.3 is 10.2 Å². The third-order valence-electron chi connectivity index (χ3n) is 3.23. The van der Waals surface area contributed by atoms with Crippen LogP contribution in [0.3, 0.4) is 0 Å². The first-order chi connectivity index (χ1) is 9.07. The molecule has 20 heavy (non-hydrogen) atoms. The van der Waals surface area contributed by atoms with Crippen LogP contribution in [0, 0.1) is 11.8 Å². The van der Waals surface area contributed by atoms with Gasteiger partial charge in [-0.2, -0.15) is 26.3 Å². The molecule has 118 valence electrons. The Kier molecular flexibility index (Phi) is 5.28. The smallest absolute Gasteiger partial charge is 0.342 e. The second-order valence-corrected chi connectivity index (χ2v) is 4.87. The molecule has 1 amide bonds. The molecule has 1 saturated heterocycles. The average Bonchev–Trinajstić information content (AvgIpc) is 2.25. The Morgan fingerprint density at radius 2 is 1.80 bits per heavy atom. The van der Waals surface area contributed by atoms with E-state index in [4.69, 9.17) is 0 Å². The number of alkyl halides is 6. The van der Waals surface area contributed by atoms with Gasteiger partial charge in [0.1, 0.15) is 0 Å². The summed E-state index contributed by atoms with van der Waals surface area (Å²) in [5.41, 5.74) is 0. The zero-order valence-corrected chi connectivity index (χ0v) is 10.8. The zero-order chi connectivity index (χ0) is 15.6. The summed E-state index contributed by atoms with van der Waals surface area (Å²) in [6.45, 7) is 0.302. The minimum atomic E-state index is -5.62. The molecule has 1 atom stereocenters. The van der Waals surface area contributed by atoms with Gasteiger partial charge in [0, 0.05) is 13.1 Å². The number of nitrogens with zero attached hydrogens (tertiary/aromatic N) is 1. The first-order valence-electron chi connectivity index (χ1n) is 6.14. The molecule has 0 spiro atoms. The molecule has 1 N–H and O–H groups in total. The molecule has 1 fully saturated rings. The van der Waals surface area contributed by atoms with E-state index in [0.29, 0.717) is 24.3 Å². The number of hydrogen-bond acceptors (Lipinski definition) is 2. The number of likely N-dealkylation sites (tertiary alicyclic amines) is 1. The van der Waals surface area contributed by atoms with Crippen molar-refractivity contribution >= 4 is 5.91 Å². The fraction of sp³-hybridized carbons (Fsp3) is 0.909. The summed E-state index contributed by atoms with van der Waals surface area (Å²) in [4.78, 5) is 12.3. The predicted molar refractivity (Wildman–Crippen MR) is 58.8 cm³/mol. The van der Waals surface area contributed by atoms with Gasteiger partial charge in [-0.15, -0.1) is 0 Å². The first-order valence-corrected chi connectivity index (χ1v) is 6.14. The van der Waals surface area contributed by atoms with Gasteiger partial charge in [0.2, 0.25) is 11.8 Å². The highest BCUT2D eigenvalue weighted by atomic mass is 19.4. The van der Waals surface area contributed by atoms with Crippen molar-refractivity contribution in [1.82, 2.24) is 10.2 Å². The Morgan fingerprint density at radius 1 is 1.25 bits per heavy atom. The maximum absolute atomic E-state index is 12.5. The Morgan fingerprint density at radius 3 is 2.25 bits per heavy atom. The molecule has 1 unspecified atom stereocenters. The van der Waals surface area contributed by atoms with E-state index in [1.807, 2.05) is 0 Å². The monoisotopic (exact) mass is 306 g/mol. The Labute approximate surface area is 112 Å². The molecular weight excluding hydrogens is 290 g/mol. The largest absolute Gasteiger partial charge is 0.409 e. The average molecular weight is 306 g/mol. The van der Waals surface area contributed by atoms with Crippen molar-refractivity contribution in [2.24, 2.45) is 11.8 Å². The van der Waals surface area contributed by atoms with Crippen molar-refractivity contribution in [3.05, 3.63) is 0 Å². The van der Waals surface area contributed by atoms with Gasteiger partial charge in [-0.25, -0.2) is 0 Å². The van der Waals surface area contributed by atoms with Crippen LogP contribution in [0.15, 0.2) is 0 Å². The lowest BCUT2D eigenvalue weighted by atomic mass is 9.96. The quantitative estimate of drug-likeness (QED) is 0.811. The van der Waals surface area contributed by atoms with Gasteiger partial charge in [0.15, 0.2) is 0 Å². The van der Waals surface area contributed by atoms with E-state index in [0.717, 1.165) is 0 Å². The molecule has 0 aromatic heterocycles. The van der Waals surface area contributed by atoms with Crippen molar-refractivity contribution in [1.29, 1.82) is 0 Å². The molecule has 1 heterocycles. The third kappa shape index (κ3) is 4.26. The Bertz CT molecular complexity index is 325.